The van der Waals surface area contributed by atoms with Gasteiger partial charge in [0.1, 0.15) is 0 Å². The molecule has 136 valence electrons. The lowest BCUT2D eigenvalue weighted by molar-refractivity contribution is -0.143. The van der Waals surface area contributed by atoms with Crippen LogP contribution in [-0.2, 0) is 4.79 Å². The van der Waals surface area contributed by atoms with Crippen molar-refractivity contribution in [3.63, 3.8) is 0 Å². The van der Waals surface area contributed by atoms with Gasteiger partial charge in [-0.3, -0.25) is 4.79 Å². The van der Waals surface area contributed by atoms with E-state index in [9.17, 15) is 4.79 Å². The maximum atomic E-state index is 11.1. The number of aliphatic carboxylic acids is 1. The molecule has 0 atom stereocenters. The minimum Gasteiger partial charge on any atom is -0.481 e. The van der Waals surface area contributed by atoms with Gasteiger partial charge in [-0.2, -0.15) is 0 Å². The number of carbonyl (C=O) groups is 1. The normalized spacial score (nSPS) is 16.5. The lowest BCUT2D eigenvalue weighted by atomic mass is 9.98. The van der Waals surface area contributed by atoms with Gasteiger partial charge < -0.3 is 5.11 Å². The largest absolute Gasteiger partial charge is 0.481 e. The van der Waals surface area contributed by atoms with Crippen LogP contribution in [-0.4, -0.2) is 11.1 Å². The summed E-state index contributed by atoms with van der Waals surface area (Å²) in [6.07, 6.45) is 28.0. The summed E-state index contributed by atoms with van der Waals surface area (Å²) in [5.74, 6) is -0.568. The van der Waals surface area contributed by atoms with E-state index in [0.717, 1.165) is 44.9 Å². The van der Waals surface area contributed by atoms with Crippen LogP contribution in [0.2, 0.25) is 0 Å². The van der Waals surface area contributed by atoms with Gasteiger partial charge in [-0.15, -0.1) is 0 Å². The van der Waals surface area contributed by atoms with Crippen molar-refractivity contribution in [2.75, 3.05) is 0 Å². The Kier molecular flexibility index (Phi) is 11.3. The fraction of sp³-hybridized carbons (Fsp3) is 0.682. The quantitative estimate of drug-likeness (QED) is 0.263. The Bertz CT molecular complexity index is 414. The molecule has 0 heterocycles. The Morgan fingerprint density at radius 3 is 1.96 bits per heavy atom. The van der Waals surface area contributed by atoms with Crippen molar-refractivity contribution in [2.24, 2.45) is 5.41 Å². The first-order valence-electron chi connectivity index (χ1n) is 9.89. The van der Waals surface area contributed by atoms with Crippen molar-refractivity contribution in [3.8, 4) is 0 Å². The Labute approximate surface area is 148 Å². The lowest BCUT2D eigenvalue weighted by Crippen LogP contribution is -2.14. The van der Waals surface area contributed by atoms with E-state index in [1.807, 2.05) is 0 Å². The van der Waals surface area contributed by atoms with Crippen LogP contribution in [0.1, 0.15) is 90.4 Å². The zero-order valence-electron chi connectivity index (χ0n) is 15.5. The molecule has 1 rings (SSSR count). The Balaban J connectivity index is 1.83. The molecule has 1 aliphatic carbocycles. The van der Waals surface area contributed by atoms with Crippen LogP contribution in [0.25, 0.3) is 0 Å². The van der Waals surface area contributed by atoms with Crippen LogP contribution in [0.15, 0.2) is 36.5 Å². The van der Waals surface area contributed by atoms with Crippen LogP contribution in [0.5, 0.6) is 0 Å². The summed E-state index contributed by atoms with van der Waals surface area (Å²) < 4.78 is 0. The molecule has 1 N–H and O–H groups in total. The first-order chi connectivity index (χ1) is 11.7. The van der Waals surface area contributed by atoms with E-state index < -0.39 is 5.97 Å². The molecule has 0 aromatic heterocycles. The van der Waals surface area contributed by atoms with E-state index in [2.05, 4.69) is 43.4 Å². The second-order valence-corrected chi connectivity index (χ2v) is 7.04. The van der Waals surface area contributed by atoms with Gasteiger partial charge in [0.05, 0.1) is 5.41 Å². The predicted molar refractivity (Wildman–Crippen MR) is 103 cm³/mol. The molecular formula is C22H36O2. The first-order valence-corrected chi connectivity index (χ1v) is 9.89. The van der Waals surface area contributed by atoms with Gasteiger partial charge in [-0.05, 0) is 51.4 Å². The summed E-state index contributed by atoms with van der Waals surface area (Å²) in [7, 11) is 0. The molecule has 0 bridgehead atoms. The molecule has 1 fully saturated rings. The van der Waals surface area contributed by atoms with Gasteiger partial charge in [0.15, 0.2) is 0 Å². The first kappa shape index (κ1) is 20.7. The molecule has 1 aliphatic rings. The molecule has 0 amide bonds. The Hall–Kier alpha value is -1.31. The van der Waals surface area contributed by atoms with Crippen molar-refractivity contribution >= 4 is 5.97 Å². The summed E-state index contributed by atoms with van der Waals surface area (Å²) in [6, 6.07) is 0. The van der Waals surface area contributed by atoms with Crippen LogP contribution < -0.4 is 0 Å². The average molecular weight is 333 g/mol. The fourth-order valence-corrected chi connectivity index (χ4v) is 2.98. The maximum absolute atomic E-state index is 11.1. The highest BCUT2D eigenvalue weighted by Crippen LogP contribution is 2.50. The van der Waals surface area contributed by atoms with Gasteiger partial charge in [-0.1, -0.05) is 75.5 Å². The third kappa shape index (κ3) is 9.75. The van der Waals surface area contributed by atoms with E-state index in [1.54, 1.807) is 0 Å². The van der Waals surface area contributed by atoms with E-state index >= 15 is 0 Å². The standard InChI is InChI=1S/C22H36O2/c1-2-3-4-5-6-7-8-9-10-11-12-13-14-15-16-17-18-22(19-20-22)21(23)24/h3-4,6-7,9-10H,2,5,8,11-20H2,1H3,(H,23,24)/b4-3-,7-6-,10-9-. The summed E-state index contributed by atoms with van der Waals surface area (Å²) in [6.45, 7) is 2.16. The zero-order valence-corrected chi connectivity index (χ0v) is 15.5. The van der Waals surface area contributed by atoms with Crippen molar-refractivity contribution in [2.45, 2.75) is 90.4 Å². The summed E-state index contributed by atoms with van der Waals surface area (Å²) in [4.78, 5) is 11.1. The van der Waals surface area contributed by atoms with Crippen LogP contribution in [0.3, 0.4) is 0 Å². The van der Waals surface area contributed by atoms with Gasteiger partial charge >= 0.3 is 5.97 Å². The van der Waals surface area contributed by atoms with E-state index in [4.69, 9.17) is 5.11 Å². The molecule has 0 radical (unpaired) electrons. The SMILES string of the molecule is CC/C=C\C/C=C\C/C=C\CCCCCCCCC1(C(=O)O)CC1. The van der Waals surface area contributed by atoms with Gasteiger partial charge in [0, 0.05) is 0 Å². The molecule has 0 aromatic rings. The van der Waals surface area contributed by atoms with Crippen molar-refractivity contribution < 1.29 is 9.90 Å². The van der Waals surface area contributed by atoms with Crippen molar-refractivity contribution in [3.05, 3.63) is 36.5 Å². The second-order valence-electron chi connectivity index (χ2n) is 7.04. The molecule has 0 unspecified atom stereocenters. The Morgan fingerprint density at radius 2 is 1.38 bits per heavy atom. The molecule has 2 nitrogen and oxygen atoms in total. The molecule has 1 saturated carbocycles. The topological polar surface area (TPSA) is 37.3 Å². The minimum atomic E-state index is -0.568. The van der Waals surface area contributed by atoms with E-state index in [0.29, 0.717) is 0 Å². The number of hydrogen-bond acceptors (Lipinski definition) is 1. The third-order valence-corrected chi connectivity index (χ3v) is 4.86. The summed E-state index contributed by atoms with van der Waals surface area (Å²) in [5, 5.41) is 9.12. The number of allylic oxidation sites excluding steroid dienone is 6. The average Bonchev–Trinajstić information content (AvgIpc) is 3.36. The van der Waals surface area contributed by atoms with Crippen LogP contribution in [0, 0.1) is 5.41 Å². The van der Waals surface area contributed by atoms with Crippen LogP contribution in [0.4, 0.5) is 0 Å². The van der Waals surface area contributed by atoms with Gasteiger partial charge in [0.2, 0.25) is 0 Å². The highest BCUT2D eigenvalue weighted by molar-refractivity contribution is 5.77. The third-order valence-electron chi connectivity index (χ3n) is 4.86. The molecule has 0 spiro atoms. The van der Waals surface area contributed by atoms with E-state index in [-0.39, 0.29) is 5.41 Å². The number of carboxylic acids is 1. The molecule has 0 saturated heterocycles. The molecule has 24 heavy (non-hydrogen) atoms. The highest BCUT2D eigenvalue weighted by Gasteiger charge is 2.49. The number of hydrogen-bond donors (Lipinski definition) is 1. The number of carboxylic acid groups (broad SMARTS) is 1. The highest BCUT2D eigenvalue weighted by atomic mass is 16.4. The second kappa shape index (κ2) is 13.0. The van der Waals surface area contributed by atoms with Crippen LogP contribution >= 0.6 is 0 Å². The molecule has 0 aliphatic heterocycles. The predicted octanol–water partition coefficient (Wildman–Crippen LogP) is 6.83. The number of rotatable bonds is 15. The van der Waals surface area contributed by atoms with Crippen molar-refractivity contribution in [1.82, 2.24) is 0 Å². The number of unbranched alkanes of at least 4 members (excludes halogenated alkanes) is 6. The summed E-state index contributed by atoms with van der Waals surface area (Å²) in [5.41, 5.74) is -0.314. The van der Waals surface area contributed by atoms with E-state index in [1.165, 1.54) is 38.5 Å². The maximum Gasteiger partial charge on any atom is 0.309 e. The summed E-state index contributed by atoms with van der Waals surface area (Å²) >= 11 is 0. The van der Waals surface area contributed by atoms with Crippen molar-refractivity contribution in [1.29, 1.82) is 0 Å². The monoisotopic (exact) mass is 332 g/mol. The molecule has 2 heteroatoms. The molecular weight excluding hydrogens is 296 g/mol. The minimum absolute atomic E-state index is 0.314. The van der Waals surface area contributed by atoms with Gasteiger partial charge in [-0.25, -0.2) is 0 Å². The smallest absolute Gasteiger partial charge is 0.309 e. The zero-order chi connectivity index (χ0) is 17.5. The van der Waals surface area contributed by atoms with Gasteiger partial charge in [0.25, 0.3) is 0 Å². The Morgan fingerprint density at radius 1 is 0.833 bits per heavy atom. The molecule has 0 aromatic carbocycles. The lowest BCUT2D eigenvalue weighted by Gasteiger charge is -2.08. The fourth-order valence-electron chi connectivity index (χ4n) is 2.98.